The fraction of sp³-hybridized carbons (Fsp3) is 0.600. The maximum atomic E-state index is 5.78. The molecule has 2 unspecified atom stereocenters. The van der Waals surface area contributed by atoms with E-state index in [1.807, 2.05) is 0 Å². The van der Waals surface area contributed by atoms with Crippen molar-refractivity contribution in [2.75, 3.05) is 18.5 Å². The third-order valence-corrected chi connectivity index (χ3v) is 4.53. The maximum Gasteiger partial charge on any atom is 0.0799 e. The first-order chi connectivity index (χ1) is 8.61. The molecule has 0 aliphatic carbocycles. The summed E-state index contributed by atoms with van der Waals surface area (Å²) in [5.41, 5.74) is 4.26. The summed E-state index contributed by atoms with van der Waals surface area (Å²) >= 11 is 3.52. The van der Waals surface area contributed by atoms with Crippen molar-refractivity contribution in [3.63, 3.8) is 0 Å². The predicted octanol–water partition coefficient (Wildman–Crippen LogP) is 3.29. The molecule has 0 spiro atoms. The van der Waals surface area contributed by atoms with E-state index in [-0.39, 0.29) is 0 Å². The first-order valence-corrected chi connectivity index (χ1v) is 7.70. The molecule has 1 heterocycles. The smallest absolute Gasteiger partial charge is 0.0799 e. The number of aryl methyl sites for hydroxylation is 2. The number of nitrogens with zero attached hydrogens (tertiary/aromatic N) is 1. The normalized spacial score (nSPS) is 25.3. The third-order valence-electron chi connectivity index (χ3n) is 3.81. The van der Waals surface area contributed by atoms with Gasteiger partial charge in [0.15, 0.2) is 0 Å². The standard InChI is InChI=1S/C15H22BrNO/c1-11-5-4-6-12(2)15(11)9-17-8-14(7-16)18-10-13(17)3/h4-6,13-14H,7-10H2,1-3H3. The maximum absolute atomic E-state index is 5.78. The second-order valence-electron chi connectivity index (χ2n) is 5.26. The molecule has 0 N–H and O–H groups in total. The number of hydrogen-bond donors (Lipinski definition) is 0. The summed E-state index contributed by atoms with van der Waals surface area (Å²) in [5, 5.41) is 0.920. The van der Waals surface area contributed by atoms with Gasteiger partial charge in [0.2, 0.25) is 0 Å². The molecule has 2 rings (SSSR count). The van der Waals surface area contributed by atoms with E-state index in [2.05, 4.69) is 59.8 Å². The topological polar surface area (TPSA) is 12.5 Å². The van der Waals surface area contributed by atoms with Gasteiger partial charge in [0.25, 0.3) is 0 Å². The highest BCUT2D eigenvalue weighted by molar-refractivity contribution is 9.09. The molecular formula is C15H22BrNO. The van der Waals surface area contributed by atoms with E-state index in [0.29, 0.717) is 12.1 Å². The van der Waals surface area contributed by atoms with Crippen molar-refractivity contribution in [3.8, 4) is 0 Å². The van der Waals surface area contributed by atoms with Gasteiger partial charge in [-0.1, -0.05) is 34.1 Å². The summed E-state index contributed by atoms with van der Waals surface area (Å²) in [6, 6.07) is 7.04. The van der Waals surface area contributed by atoms with Crippen LogP contribution in [0.5, 0.6) is 0 Å². The zero-order valence-corrected chi connectivity index (χ0v) is 13.0. The molecule has 0 saturated carbocycles. The van der Waals surface area contributed by atoms with Crippen LogP contribution in [-0.4, -0.2) is 35.5 Å². The van der Waals surface area contributed by atoms with E-state index < -0.39 is 0 Å². The number of alkyl halides is 1. The molecule has 18 heavy (non-hydrogen) atoms. The van der Waals surface area contributed by atoms with Crippen LogP contribution in [0.2, 0.25) is 0 Å². The quantitative estimate of drug-likeness (QED) is 0.794. The van der Waals surface area contributed by atoms with Gasteiger partial charge < -0.3 is 4.74 Å². The van der Waals surface area contributed by atoms with Gasteiger partial charge in [0.1, 0.15) is 0 Å². The Morgan fingerprint density at radius 3 is 2.61 bits per heavy atom. The zero-order valence-electron chi connectivity index (χ0n) is 11.4. The van der Waals surface area contributed by atoms with Gasteiger partial charge in [-0.3, -0.25) is 4.90 Å². The Hall–Kier alpha value is -0.380. The fourth-order valence-electron chi connectivity index (χ4n) is 2.49. The van der Waals surface area contributed by atoms with Gasteiger partial charge in [-0.25, -0.2) is 0 Å². The minimum absolute atomic E-state index is 0.325. The number of hydrogen-bond acceptors (Lipinski definition) is 2. The number of halogens is 1. The van der Waals surface area contributed by atoms with Gasteiger partial charge in [-0.2, -0.15) is 0 Å². The number of benzene rings is 1. The molecule has 0 amide bonds. The SMILES string of the molecule is Cc1cccc(C)c1CN1CC(CBr)OCC1C. The summed E-state index contributed by atoms with van der Waals surface area (Å²) in [7, 11) is 0. The zero-order chi connectivity index (χ0) is 13.1. The second kappa shape index (κ2) is 6.18. The van der Waals surface area contributed by atoms with Crippen LogP contribution < -0.4 is 0 Å². The number of morpholine rings is 1. The third kappa shape index (κ3) is 3.14. The Labute approximate surface area is 118 Å². The summed E-state index contributed by atoms with van der Waals surface area (Å²) in [6.45, 7) is 9.54. The van der Waals surface area contributed by atoms with Crippen LogP contribution in [0, 0.1) is 13.8 Å². The minimum atomic E-state index is 0.325. The molecule has 0 bridgehead atoms. The largest absolute Gasteiger partial charge is 0.374 e. The van der Waals surface area contributed by atoms with E-state index in [1.54, 1.807) is 0 Å². The monoisotopic (exact) mass is 311 g/mol. The highest BCUT2D eigenvalue weighted by Gasteiger charge is 2.25. The molecule has 1 aliphatic rings. The van der Waals surface area contributed by atoms with E-state index in [0.717, 1.165) is 25.0 Å². The molecule has 1 aromatic rings. The molecule has 2 nitrogen and oxygen atoms in total. The van der Waals surface area contributed by atoms with Crippen LogP contribution in [-0.2, 0) is 11.3 Å². The summed E-state index contributed by atoms with van der Waals surface area (Å²) in [6.07, 6.45) is 0.325. The lowest BCUT2D eigenvalue weighted by atomic mass is 10.0. The molecule has 2 atom stereocenters. The molecule has 3 heteroatoms. The average molecular weight is 312 g/mol. The lowest BCUT2D eigenvalue weighted by molar-refractivity contribution is -0.0501. The molecule has 1 fully saturated rings. The van der Waals surface area contributed by atoms with Crippen molar-refractivity contribution in [1.29, 1.82) is 0 Å². The van der Waals surface area contributed by atoms with E-state index in [9.17, 15) is 0 Å². The van der Waals surface area contributed by atoms with Crippen molar-refractivity contribution >= 4 is 15.9 Å². The highest BCUT2D eigenvalue weighted by atomic mass is 79.9. The molecule has 100 valence electrons. The lowest BCUT2D eigenvalue weighted by Crippen LogP contribution is -2.48. The predicted molar refractivity (Wildman–Crippen MR) is 79.3 cm³/mol. The van der Waals surface area contributed by atoms with E-state index in [4.69, 9.17) is 4.74 Å². The molecule has 0 aromatic heterocycles. The molecular weight excluding hydrogens is 290 g/mol. The Bertz CT molecular complexity index is 387. The molecule has 1 saturated heterocycles. The van der Waals surface area contributed by atoms with E-state index in [1.165, 1.54) is 16.7 Å². The van der Waals surface area contributed by atoms with Crippen LogP contribution >= 0.6 is 15.9 Å². The minimum Gasteiger partial charge on any atom is -0.374 e. The molecule has 1 aromatic carbocycles. The summed E-state index contributed by atoms with van der Waals surface area (Å²) in [4.78, 5) is 2.53. The fourth-order valence-corrected chi connectivity index (χ4v) is 2.88. The van der Waals surface area contributed by atoms with Gasteiger partial charge >= 0.3 is 0 Å². The first kappa shape index (κ1) is 14.0. The van der Waals surface area contributed by atoms with Crippen molar-refractivity contribution in [2.24, 2.45) is 0 Å². The van der Waals surface area contributed by atoms with Crippen LogP contribution in [0.15, 0.2) is 18.2 Å². The average Bonchev–Trinajstić information content (AvgIpc) is 2.36. The van der Waals surface area contributed by atoms with Crippen molar-refractivity contribution in [2.45, 2.75) is 39.5 Å². The second-order valence-corrected chi connectivity index (χ2v) is 5.91. The Morgan fingerprint density at radius 2 is 2.00 bits per heavy atom. The van der Waals surface area contributed by atoms with Crippen LogP contribution in [0.4, 0.5) is 0 Å². The summed E-state index contributed by atoms with van der Waals surface area (Å²) < 4.78 is 5.78. The van der Waals surface area contributed by atoms with Crippen molar-refractivity contribution < 1.29 is 4.74 Å². The van der Waals surface area contributed by atoms with Crippen LogP contribution in [0.1, 0.15) is 23.6 Å². The number of ether oxygens (including phenoxy) is 1. The van der Waals surface area contributed by atoms with Gasteiger partial charge in [-0.05, 0) is 37.5 Å². The Morgan fingerprint density at radius 1 is 1.33 bits per heavy atom. The van der Waals surface area contributed by atoms with Gasteiger partial charge in [-0.15, -0.1) is 0 Å². The lowest BCUT2D eigenvalue weighted by Gasteiger charge is -2.38. The first-order valence-electron chi connectivity index (χ1n) is 6.58. The van der Waals surface area contributed by atoms with E-state index >= 15 is 0 Å². The van der Waals surface area contributed by atoms with Crippen LogP contribution in [0.25, 0.3) is 0 Å². The van der Waals surface area contributed by atoms with Crippen molar-refractivity contribution in [1.82, 2.24) is 4.90 Å². The Kier molecular flexibility index (Phi) is 4.82. The molecule has 1 aliphatic heterocycles. The van der Waals surface area contributed by atoms with Crippen LogP contribution in [0.3, 0.4) is 0 Å². The van der Waals surface area contributed by atoms with Crippen molar-refractivity contribution in [3.05, 3.63) is 34.9 Å². The van der Waals surface area contributed by atoms with Gasteiger partial charge in [0, 0.05) is 24.5 Å². The Balaban J connectivity index is 2.12. The number of rotatable bonds is 3. The van der Waals surface area contributed by atoms with Gasteiger partial charge in [0.05, 0.1) is 12.7 Å². The highest BCUT2D eigenvalue weighted by Crippen LogP contribution is 2.20. The molecule has 0 radical (unpaired) electrons. The summed E-state index contributed by atoms with van der Waals surface area (Å²) in [5.74, 6) is 0.